The minimum absolute atomic E-state index is 0.0983. The van der Waals surface area contributed by atoms with Gasteiger partial charge in [-0.3, -0.25) is 4.79 Å². The van der Waals surface area contributed by atoms with Crippen LogP contribution in [0.3, 0.4) is 0 Å². The fraction of sp³-hybridized carbons (Fsp3) is 0.0769. The van der Waals surface area contributed by atoms with Crippen molar-refractivity contribution in [2.45, 2.75) is 0 Å². The van der Waals surface area contributed by atoms with Gasteiger partial charge in [0, 0.05) is 25.3 Å². The Labute approximate surface area is 171 Å². The summed E-state index contributed by atoms with van der Waals surface area (Å²) in [6, 6.07) is 28.8. The van der Waals surface area contributed by atoms with Crippen molar-refractivity contribution >= 4 is 22.6 Å². The zero-order valence-electron chi connectivity index (χ0n) is 16.5. The molecule has 3 heteroatoms. The summed E-state index contributed by atoms with van der Waals surface area (Å²) in [5.41, 5.74) is 4.58. The van der Waals surface area contributed by atoms with Crippen molar-refractivity contribution in [2.24, 2.45) is 0 Å². The number of carbonyl (C=O) groups excluding carboxylic acids is 1. The molecule has 0 N–H and O–H groups in total. The summed E-state index contributed by atoms with van der Waals surface area (Å²) in [7, 11) is 3.96. The lowest BCUT2D eigenvalue weighted by Gasteiger charge is -2.13. The molecule has 0 fully saturated rings. The molecule has 0 heterocycles. The van der Waals surface area contributed by atoms with Crippen LogP contribution in [0.25, 0.3) is 11.1 Å². The molecule has 0 aromatic heterocycles. The van der Waals surface area contributed by atoms with E-state index in [1.807, 2.05) is 91.8 Å². The van der Waals surface area contributed by atoms with Gasteiger partial charge in [-0.05, 0) is 41.0 Å². The first-order valence-corrected chi connectivity index (χ1v) is 9.34. The van der Waals surface area contributed by atoms with Gasteiger partial charge in [-0.15, -0.1) is 0 Å². The first kappa shape index (κ1) is 19.9. The number of nitriles is 1. The van der Waals surface area contributed by atoms with Crippen LogP contribution in [-0.2, 0) is 0 Å². The van der Waals surface area contributed by atoms with Crippen molar-refractivity contribution in [2.75, 3.05) is 19.0 Å². The maximum atomic E-state index is 12.8. The van der Waals surface area contributed by atoms with E-state index in [1.165, 1.54) is 0 Å². The minimum Gasteiger partial charge on any atom is -0.378 e. The molecule has 0 aliphatic carbocycles. The van der Waals surface area contributed by atoms with Crippen molar-refractivity contribution in [3.63, 3.8) is 0 Å². The molecule has 0 aliphatic rings. The van der Waals surface area contributed by atoms with Crippen molar-refractivity contribution < 1.29 is 4.79 Å². The molecule has 3 aromatic carbocycles. The molecule has 29 heavy (non-hydrogen) atoms. The van der Waals surface area contributed by atoms with Crippen LogP contribution in [0.4, 0.5) is 5.69 Å². The van der Waals surface area contributed by atoms with Gasteiger partial charge in [0.15, 0.2) is 5.78 Å². The summed E-state index contributed by atoms with van der Waals surface area (Å²) < 4.78 is 0. The van der Waals surface area contributed by atoms with Gasteiger partial charge in [-0.2, -0.15) is 5.26 Å². The maximum Gasteiger partial charge on any atom is 0.186 e. The van der Waals surface area contributed by atoms with E-state index < -0.39 is 0 Å². The number of hydrogen-bond acceptors (Lipinski definition) is 3. The number of carbonyl (C=O) groups is 1. The van der Waals surface area contributed by atoms with E-state index in [9.17, 15) is 10.1 Å². The summed E-state index contributed by atoms with van der Waals surface area (Å²) in [5, 5.41) is 9.71. The van der Waals surface area contributed by atoms with E-state index in [4.69, 9.17) is 0 Å². The number of ketones is 1. The van der Waals surface area contributed by atoms with Crippen LogP contribution in [0.1, 0.15) is 21.5 Å². The lowest BCUT2D eigenvalue weighted by atomic mass is 9.97. The highest BCUT2D eigenvalue weighted by Gasteiger charge is 2.09. The Balaban J connectivity index is 2.08. The largest absolute Gasteiger partial charge is 0.378 e. The highest BCUT2D eigenvalue weighted by atomic mass is 16.1. The molecule has 3 aromatic rings. The van der Waals surface area contributed by atoms with E-state index in [2.05, 4.69) is 6.07 Å². The lowest BCUT2D eigenvalue weighted by molar-refractivity contribution is 0.104. The molecule has 3 nitrogen and oxygen atoms in total. The summed E-state index contributed by atoms with van der Waals surface area (Å²) in [6.45, 7) is 0. The van der Waals surface area contributed by atoms with E-state index in [0.29, 0.717) is 16.7 Å². The van der Waals surface area contributed by atoms with E-state index in [1.54, 1.807) is 24.3 Å². The van der Waals surface area contributed by atoms with Crippen LogP contribution < -0.4 is 4.90 Å². The molecule has 0 spiro atoms. The summed E-state index contributed by atoms with van der Waals surface area (Å²) in [4.78, 5) is 14.8. The van der Waals surface area contributed by atoms with E-state index in [0.717, 1.165) is 16.8 Å². The van der Waals surface area contributed by atoms with Crippen molar-refractivity contribution in [1.82, 2.24) is 0 Å². The molecule has 3 rings (SSSR count). The monoisotopic (exact) mass is 378 g/mol. The number of hydrogen-bond donors (Lipinski definition) is 0. The molecule has 0 unspecified atom stereocenters. The molecule has 0 saturated heterocycles. The first-order valence-electron chi connectivity index (χ1n) is 9.34. The van der Waals surface area contributed by atoms with Gasteiger partial charge < -0.3 is 4.90 Å². The van der Waals surface area contributed by atoms with Gasteiger partial charge in [0.2, 0.25) is 0 Å². The van der Waals surface area contributed by atoms with Crippen molar-refractivity contribution in [1.29, 1.82) is 5.26 Å². The molecule has 0 atom stereocenters. The summed E-state index contributed by atoms with van der Waals surface area (Å²) in [6.07, 6.45) is 3.38. The SMILES string of the molecule is CN(C)c1ccc(C(/C=C(\C#N)c2ccccc2)=C/C(=O)c2ccccc2)cc1. The van der Waals surface area contributed by atoms with Gasteiger partial charge in [0.05, 0.1) is 11.6 Å². The topological polar surface area (TPSA) is 44.1 Å². The van der Waals surface area contributed by atoms with Crippen molar-refractivity contribution in [3.8, 4) is 6.07 Å². The number of anilines is 1. The van der Waals surface area contributed by atoms with Crippen molar-refractivity contribution in [3.05, 3.63) is 114 Å². The van der Waals surface area contributed by atoms with Crippen LogP contribution in [0.2, 0.25) is 0 Å². The zero-order valence-corrected chi connectivity index (χ0v) is 16.5. The highest BCUT2D eigenvalue weighted by Crippen LogP contribution is 2.25. The molecule has 0 aliphatic heterocycles. The smallest absolute Gasteiger partial charge is 0.186 e. The third-order valence-electron chi connectivity index (χ3n) is 4.57. The van der Waals surface area contributed by atoms with Gasteiger partial charge >= 0.3 is 0 Å². The minimum atomic E-state index is -0.0983. The summed E-state index contributed by atoms with van der Waals surface area (Å²) in [5.74, 6) is -0.0983. The molecular weight excluding hydrogens is 356 g/mol. The zero-order chi connectivity index (χ0) is 20.6. The highest BCUT2D eigenvalue weighted by molar-refractivity contribution is 6.10. The molecule has 0 amide bonds. The Bertz CT molecular complexity index is 1070. The van der Waals surface area contributed by atoms with E-state index >= 15 is 0 Å². The standard InChI is InChI=1S/C26H22N2O/c1-28(2)25-15-13-21(14-16-25)23(18-26(29)22-11-7-4-8-12-22)17-24(19-27)20-9-5-3-6-10-20/h3-18H,1-2H3/b23-18+,24-17+. The van der Waals surface area contributed by atoms with Crippen LogP contribution in [0.5, 0.6) is 0 Å². The van der Waals surface area contributed by atoms with Gasteiger partial charge in [-0.1, -0.05) is 72.8 Å². The Kier molecular flexibility index (Phi) is 6.40. The Hall–Kier alpha value is -3.90. The van der Waals surface area contributed by atoms with Crippen LogP contribution >= 0.6 is 0 Å². The quantitative estimate of drug-likeness (QED) is 0.242. The van der Waals surface area contributed by atoms with Gasteiger partial charge in [-0.25, -0.2) is 0 Å². The van der Waals surface area contributed by atoms with Gasteiger partial charge in [0.25, 0.3) is 0 Å². The third-order valence-corrected chi connectivity index (χ3v) is 4.57. The predicted octanol–water partition coefficient (Wildman–Crippen LogP) is 5.63. The average molecular weight is 378 g/mol. The Morgan fingerprint density at radius 1 is 0.759 bits per heavy atom. The number of nitrogens with zero attached hydrogens (tertiary/aromatic N) is 2. The average Bonchev–Trinajstić information content (AvgIpc) is 2.77. The third kappa shape index (κ3) is 5.09. The molecule has 0 bridgehead atoms. The second-order valence-electron chi connectivity index (χ2n) is 6.81. The first-order chi connectivity index (χ1) is 14.1. The van der Waals surface area contributed by atoms with Gasteiger partial charge in [0.1, 0.15) is 0 Å². The Morgan fingerprint density at radius 2 is 1.31 bits per heavy atom. The summed E-state index contributed by atoms with van der Waals surface area (Å²) >= 11 is 0. The van der Waals surface area contributed by atoms with Crippen LogP contribution in [0.15, 0.2) is 97.1 Å². The molecule has 0 saturated carbocycles. The van der Waals surface area contributed by atoms with Crippen LogP contribution in [-0.4, -0.2) is 19.9 Å². The number of rotatable bonds is 6. The molecule has 142 valence electrons. The van der Waals surface area contributed by atoms with Crippen LogP contribution in [0, 0.1) is 11.3 Å². The lowest BCUT2D eigenvalue weighted by Crippen LogP contribution is -2.08. The Morgan fingerprint density at radius 3 is 1.83 bits per heavy atom. The van der Waals surface area contributed by atoms with E-state index in [-0.39, 0.29) is 5.78 Å². The number of allylic oxidation sites excluding steroid dienone is 4. The number of benzene rings is 3. The second-order valence-corrected chi connectivity index (χ2v) is 6.81. The normalized spacial score (nSPS) is 11.6. The maximum absolute atomic E-state index is 12.8. The second kappa shape index (κ2) is 9.34. The fourth-order valence-corrected chi connectivity index (χ4v) is 2.94. The molecular formula is C26H22N2O. The fourth-order valence-electron chi connectivity index (χ4n) is 2.94. The molecule has 0 radical (unpaired) electrons. The predicted molar refractivity (Wildman–Crippen MR) is 120 cm³/mol.